The number of hydrogen-bond acceptors (Lipinski definition) is 7. The summed E-state index contributed by atoms with van der Waals surface area (Å²) in [5, 5.41) is 10.0. The van der Waals surface area contributed by atoms with Gasteiger partial charge in [-0.05, 0) is 72.9 Å². The largest absolute Gasteiger partial charge is 0.493 e. The molecule has 0 amide bonds. The molecule has 6 rings (SSSR count). The molecule has 4 aromatic rings. The van der Waals surface area contributed by atoms with Crippen LogP contribution >= 0.6 is 0 Å². The van der Waals surface area contributed by atoms with Crippen molar-refractivity contribution in [3.63, 3.8) is 0 Å². The van der Waals surface area contributed by atoms with E-state index < -0.39 is 11.6 Å². The highest BCUT2D eigenvalue weighted by molar-refractivity contribution is 5.78. The summed E-state index contributed by atoms with van der Waals surface area (Å²) < 4.78 is 23.8. The van der Waals surface area contributed by atoms with Gasteiger partial charge in [-0.2, -0.15) is 0 Å². The van der Waals surface area contributed by atoms with E-state index in [2.05, 4.69) is 32.7 Å². The van der Waals surface area contributed by atoms with Crippen molar-refractivity contribution < 1.29 is 28.2 Å². The number of hydrogen-bond donors (Lipinski definition) is 1. The van der Waals surface area contributed by atoms with Gasteiger partial charge in [0.05, 0.1) is 12.3 Å². The molecule has 1 aliphatic heterocycles. The van der Waals surface area contributed by atoms with Crippen LogP contribution in [0.1, 0.15) is 94.2 Å². The second kappa shape index (κ2) is 11.2. The molecule has 226 valence electrons. The van der Waals surface area contributed by atoms with Crippen LogP contribution in [0.5, 0.6) is 11.5 Å². The van der Waals surface area contributed by atoms with Crippen molar-refractivity contribution in [2.45, 2.75) is 89.6 Å². The van der Waals surface area contributed by atoms with Gasteiger partial charge in [0.15, 0.2) is 11.6 Å². The molecule has 0 radical (unpaired) electrons. The van der Waals surface area contributed by atoms with E-state index in [1.54, 1.807) is 13.2 Å². The van der Waals surface area contributed by atoms with Gasteiger partial charge in [-0.25, -0.2) is 14.8 Å². The van der Waals surface area contributed by atoms with Crippen molar-refractivity contribution in [2.24, 2.45) is 5.92 Å². The number of carbonyl (C=O) groups is 1. The lowest BCUT2D eigenvalue weighted by atomic mass is 9.73. The summed E-state index contributed by atoms with van der Waals surface area (Å²) in [4.78, 5) is 21.6. The van der Waals surface area contributed by atoms with Gasteiger partial charge in [-0.1, -0.05) is 52.0 Å². The van der Waals surface area contributed by atoms with Crippen molar-refractivity contribution in [3.05, 3.63) is 83.3 Å². The summed E-state index contributed by atoms with van der Waals surface area (Å²) >= 11 is 0. The van der Waals surface area contributed by atoms with Gasteiger partial charge in [0.25, 0.3) is 0 Å². The number of carboxylic acid groups (broad SMARTS) is 1. The van der Waals surface area contributed by atoms with Crippen molar-refractivity contribution in [3.8, 4) is 23.1 Å². The van der Waals surface area contributed by atoms with Gasteiger partial charge in [-0.15, -0.1) is 0 Å². The Balaban J connectivity index is 1.03. The Hall–Kier alpha value is -4.07. The summed E-state index contributed by atoms with van der Waals surface area (Å²) in [6.45, 7) is 10.7. The van der Waals surface area contributed by atoms with Crippen molar-refractivity contribution in [1.82, 2.24) is 9.97 Å². The van der Waals surface area contributed by atoms with Crippen LogP contribution in [0.25, 0.3) is 11.6 Å². The van der Waals surface area contributed by atoms with Crippen LogP contribution in [0.3, 0.4) is 0 Å². The zero-order chi connectivity index (χ0) is 30.4. The van der Waals surface area contributed by atoms with E-state index in [0.29, 0.717) is 48.2 Å². The fourth-order valence-corrected chi connectivity index (χ4v) is 6.22. The first kappa shape index (κ1) is 29.0. The molecule has 1 N–H and O–H groups in total. The minimum absolute atomic E-state index is 0.00656. The minimum Gasteiger partial charge on any atom is -0.493 e. The first-order valence-electron chi connectivity index (χ1n) is 15.2. The summed E-state index contributed by atoms with van der Waals surface area (Å²) in [6, 6.07) is 15.1. The average molecular weight is 585 g/mol. The van der Waals surface area contributed by atoms with Crippen LogP contribution in [0.15, 0.2) is 63.6 Å². The van der Waals surface area contributed by atoms with Crippen LogP contribution in [0.2, 0.25) is 0 Å². The zero-order valence-corrected chi connectivity index (χ0v) is 25.6. The molecule has 0 spiro atoms. The lowest BCUT2D eigenvalue weighted by Gasteiger charge is -2.29. The third-order valence-electron chi connectivity index (χ3n) is 8.80. The Morgan fingerprint density at radius 2 is 1.70 bits per heavy atom. The molecule has 4 unspecified atom stereocenters. The third-order valence-corrected chi connectivity index (χ3v) is 8.80. The second-order valence-electron chi connectivity index (χ2n) is 13.4. The van der Waals surface area contributed by atoms with Gasteiger partial charge in [0.1, 0.15) is 23.5 Å². The van der Waals surface area contributed by atoms with E-state index in [-0.39, 0.29) is 11.8 Å². The van der Waals surface area contributed by atoms with Crippen molar-refractivity contribution >= 4 is 5.97 Å². The molecule has 43 heavy (non-hydrogen) atoms. The van der Waals surface area contributed by atoms with E-state index >= 15 is 0 Å². The predicted molar refractivity (Wildman–Crippen MR) is 162 cm³/mol. The molecule has 2 aromatic carbocycles. The van der Waals surface area contributed by atoms with Gasteiger partial charge in [-0.3, -0.25) is 0 Å². The molecule has 2 aliphatic rings. The smallest absolute Gasteiger partial charge is 0.348 e. The molecule has 2 aromatic heterocycles. The number of fused-ring (bicyclic) bond motifs is 5. The fourth-order valence-electron chi connectivity index (χ4n) is 6.22. The number of ether oxygens (including phenoxy) is 2. The van der Waals surface area contributed by atoms with Crippen LogP contribution in [-0.2, 0) is 23.1 Å². The predicted octanol–water partition coefficient (Wildman–Crippen LogP) is 7.71. The number of benzene rings is 2. The zero-order valence-electron chi connectivity index (χ0n) is 25.6. The molecule has 1 fully saturated rings. The Kier molecular flexibility index (Phi) is 7.57. The Bertz CT molecular complexity index is 1580. The van der Waals surface area contributed by atoms with Crippen LogP contribution < -0.4 is 9.47 Å². The van der Waals surface area contributed by atoms with Gasteiger partial charge in [0, 0.05) is 24.7 Å². The van der Waals surface area contributed by atoms with E-state index in [1.807, 2.05) is 48.5 Å². The SMILES string of the molecule is CC1CCC2c3oc(nc3-c3nc(CCOc4ccc(CC(C)(Oc5ccc(C(C)(C)C)cc5)C(=O)O)cc4)co3)C2C1. The van der Waals surface area contributed by atoms with Gasteiger partial charge >= 0.3 is 5.97 Å². The Labute approximate surface area is 252 Å². The van der Waals surface area contributed by atoms with Gasteiger partial charge < -0.3 is 23.4 Å². The molecule has 1 aliphatic carbocycles. The van der Waals surface area contributed by atoms with Crippen molar-refractivity contribution in [1.29, 1.82) is 0 Å². The molecular formula is C35H40N2O6. The number of nitrogens with zero attached hydrogens (tertiary/aromatic N) is 2. The maximum Gasteiger partial charge on any atom is 0.348 e. The number of oxazole rings is 2. The Morgan fingerprint density at radius 1 is 0.977 bits per heavy atom. The number of carboxylic acids is 1. The lowest BCUT2D eigenvalue weighted by molar-refractivity contribution is -0.153. The van der Waals surface area contributed by atoms with E-state index in [1.165, 1.54) is 6.42 Å². The number of rotatable bonds is 10. The number of aliphatic carboxylic acids is 1. The molecule has 8 nitrogen and oxygen atoms in total. The standard InChI is InChI=1S/C35H40N2O6/c1-21-6-15-27-28(18-21)31-37-29(30(27)42-31)32-36-24(20-41-32)16-17-40-25-11-7-22(8-12-25)19-35(5,33(38)39)43-26-13-9-23(10-14-26)34(2,3)4/h7-14,20-21,27-28H,6,15-19H2,1-5H3,(H,38,39). The van der Waals surface area contributed by atoms with Crippen LogP contribution in [-0.4, -0.2) is 33.3 Å². The highest BCUT2D eigenvalue weighted by Gasteiger charge is 2.44. The summed E-state index contributed by atoms with van der Waals surface area (Å²) in [6.07, 6.45) is 5.91. The third kappa shape index (κ3) is 6.05. The maximum absolute atomic E-state index is 12.2. The maximum atomic E-state index is 12.2. The number of aromatic nitrogens is 2. The monoisotopic (exact) mass is 584 g/mol. The first-order chi connectivity index (χ1) is 20.5. The van der Waals surface area contributed by atoms with Crippen LogP contribution in [0, 0.1) is 5.92 Å². The summed E-state index contributed by atoms with van der Waals surface area (Å²) in [5.74, 6) is 3.99. The quantitative estimate of drug-likeness (QED) is 0.202. The second-order valence-corrected chi connectivity index (χ2v) is 13.4. The van der Waals surface area contributed by atoms with Crippen LogP contribution in [0.4, 0.5) is 0 Å². The molecule has 3 heterocycles. The molecule has 4 atom stereocenters. The molecular weight excluding hydrogens is 544 g/mol. The molecule has 8 heteroatoms. The minimum atomic E-state index is -1.42. The van der Waals surface area contributed by atoms with E-state index in [0.717, 1.165) is 47.0 Å². The molecule has 1 saturated carbocycles. The van der Waals surface area contributed by atoms with Crippen molar-refractivity contribution in [2.75, 3.05) is 6.61 Å². The Morgan fingerprint density at radius 3 is 2.40 bits per heavy atom. The van der Waals surface area contributed by atoms with Gasteiger partial charge in [0.2, 0.25) is 11.5 Å². The summed E-state index contributed by atoms with van der Waals surface area (Å²) in [7, 11) is 0. The normalized spacial score (nSPS) is 20.8. The lowest BCUT2D eigenvalue weighted by Crippen LogP contribution is -2.43. The van der Waals surface area contributed by atoms with E-state index in [9.17, 15) is 9.90 Å². The highest BCUT2D eigenvalue weighted by atomic mass is 16.5. The molecule has 0 saturated heterocycles. The topological polar surface area (TPSA) is 108 Å². The highest BCUT2D eigenvalue weighted by Crippen LogP contribution is 2.53. The summed E-state index contributed by atoms with van der Waals surface area (Å²) in [5.41, 5.74) is 2.12. The average Bonchev–Trinajstić information content (AvgIpc) is 3.69. The fraction of sp³-hybridized carbons (Fsp3) is 0.457. The first-order valence-corrected chi connectivity index (χ1v) is 15.2. The molecule has 2 bridgehead atoms. The van der Waals surface area contributed by atoms with E-state index in [4.69, 9.17) is 23.3 Å².